The zero-order valence-electron chi connectivity index (χ0n) is 16.0. The Balaban J connectivity index is 1.33. The minimum Gasteiger partial charge on any atom is -0.484 e. The standard InChI is InChI=1S/C23H30N2O2/c26-23(19-27-22-10-4-3-5-11-22)24-16-8-9-20-12-14-21(15-13-20)25-17-6-1-2-7-18-25/h3-5,10-15H,1-2,6-9,16-19H2,(H,24,26). The van der Waals surface area contributed by atoms with Crippen molar-refractivity contribution in [1.82, 2.24) is 5.32 Å². The summed E-state index contributed by atoms with van der Waals surface area (Å²) in [6.45, 7) is 3.09. The van der Waals surface area contributed by atoms with E-state index in [0.717, 1.165) is 18.6 Å². The highest BCUT2D eigenvalue weighted by atomic mass is 16.5. The van der Waals surface area contributed by atoms with E-state index in [0.29, 0.717) is 6.54 Å². The largest absolute Gasteiger partial charge is 0.484 e. The van der Waals surface area contributed by atoms with Crippen LogP contribution < -0.4 is 15.0 Å². The van der Waals surface area contributed by atoms with Gasteiger partial charge in [0.05, 0.1) is 0 Å². The third-order valence-corrected chi connectivity index (χ3v) is 4.99. The molecule has 0 atom stereocenters. The number of benzene rings is 2. The Morgan fingerprint density at radius 2 is 1.63 bits per heavy atom. The Morgan fingerprint density at radius 1 is 0.926 bits per heavy atom. The molecule has 144 valence electrons. The van der Waals surface area contributed by atoms with Crippen molar-refractivity contribution in [1.29, 1.82) is 0 Å². The van der Waals surface area contributed by atoms with Gasteiger partial charge >= 0.3 is 0 Å². The highest BCUT2D eigenvalue weighted by Gasteiger charge is 2.09. The topological polar surface area (TPSA) is 41.6 Å². The predicted molar refractivity (Wildman–Crippen MR) is 110 cm³/mol. The lowest BCUT2D eigenvalue weighted by Crippen LogP contribution is -2.29. The quantitative estimate of drug-likeness (QED) is 0.712. The SMILES string of the molecule is O=C(COc1ccccc1)NCCCc1ccc(N2CCCCCC2)cc1. The number of amides is 1. The molecule has 0 aliphatic carbocycles. The summed E-state index contributed by atoms with van der Waals surface area (Å²) in [7, 11) is 0. The summed E-state index contributed by atoms with van der Waals surface area (Å²) in [6, 6.07) is 18.3. The number of hydrogen-bond donors (Lipinski definition) is 1. The van der Waals surface area contributed by atoms with Gasteiger partial charge in [-0.3, -0.25) is 4.79 Å². The van der Waals surface area contributed by atoms with Gasteiger partial charge in [0.2, 0.25) is 0 Å². The van der Waals surface area contributed by atoms with Gasteiger partial charge in [-0.2, -0.15) is 0 Å². The summed E-state index contributed by atoms with van der Waals surface area (Å²) < 4.78 is 5.45. The van der Waals surface area contributed by atoms with Gasteiger partial charge in [-0.15, -0.1) is 0 Å². The van der Waals surface area contributed by atoms with E-state index in [1.807, 2.05) is 30.3 Å². The predicted octanol–water partition coefficient (Wildman–Crippen LogP) is 4.19. The van der Waals surface area contributed by atoms with Crippen molar-refractivity contribution in [2.75, 3.05) is 31.1 Å². The van der Waals surface area contributed by atoms with E-state index in [1.165, 1.54) is 50.0 Å². The number of carbonyl (C=O) groups is 1. The molecule has 2 aromatic carbocycles. The molecule has 0 spiro atoms. The number of rotatable bonds is 8. The van der Waals surface area contributed by atoms with Crippen LogP contribution in [0.15, 0.2) is 54.6 Å². The van der Waals surface area contributed by atoms with E-state index < -0.39 is 0 Å². The number of ether oxygens (including phenoxy) is 1. The first-order valence-corrected chi connectivity index (χ1v) is 10.1. The number of aryl methyl sites for hydroxylation is 1. The number of anilines is 1. The van der Waals surface area contributed by atoms with Crippen molar-refractivity contribution in [3.8, 4) is 5.75 Å². The van der Waals surface area contributed by atoms with E-state index in [1.54, 1.807) is 0 Å². The second-order valence-electron chi connectivity index (χ2n) is 7.12. The fourth-order valence-electron chi connectivity index (χ4n) is 3.44. The average Bonchev–Trinajstić information content (AvgIpc) is 3.00. The van der Waals surface area contributed by atoms with Gasteiger partial charge in [0.15, 0.2) is 6.61 Å². The van der Waals surface area contributed by atoms with Crippen LogP contribution in [-0.4, -0.2) is 32.1 Å². The third kappa shape index (κ3) is 6.63. The number of hydrogen-bond acceptors (Lipinski definition) is 3. The Morgan fingerprint density at radius 3 is 2.33 bits per heavy atom. The Kier molecular flexibility index (Phi) is 7.57. The minimum atomic E-state index is -0.0737. The number of nitrogens with one attached hydrogen (secondary N) is 1. The molecule has 1 amide bonds. The van der Waals surface area contributed by atoms with Crippen molar-refractivity contribution in [2.24, 2.45) is 0 Å². The summed E-state index contributed by atoms with van der Waals surface area (Å²) in [6.07, 6.45) is 7.22. The number of carbonyl (C=O) groups excluding carboxylic acids is 1. The maximum absolute atomic E-state index is 11.8. The highest BCUT2D eigenvalue weighted by Crippen LogP contribution is 2.20. The molecule has 4 nitrogen and oxygen atoms in total. The fourth-order valence-corrected chi connectivity index (χ4v) is 3.44. The van der Waals surface area contributed by atoms with Crippen molar-refractivity contribution >= 4 is 11.6 Å². The molecule has 0 bridgehead atoms. The smallest absolute Gasteiger partial charge is 0.257 e. The van der Waals surface area contributed by atoms with Crippen LogP contribution >= 0.6 is 0 Å². The van der Waals surface area contributed by atoms with Gasteiger partial charge in [0.1, 0.15) is 5.75 Å². The molecule has 1 fully saturated rings. The Labute approximate surface area is 162 Å². The van der Waals surface area contributed by atoms with Crippen molar-refractivity contribution in [3.63, 3.8) is 0 Å². The summed E-state index contributed by atoms with van der Waals surface area (Å²) in [5, 5.41) is 2.92. The lowest BCUT2D eigenvalue weighted by atomic mass is 10.1. The maximum atomic E-state index is 11.8. The van der Waals surface area contributed by atoms with Gasteiger partial charge in [0.25, 0.3) is 5.91 Å². The Bertz CT molecular complexity index is 677. The summed E-state index contributed by atoms with van der Waals surface area (Å²) in [5.74, 6) is 0.646. The lowest BCUT2D eigenvalue weighted by molar-refractivity contribution is -0.123. The molecular weight excluding hydrogens is 336 g/mol. The molecular formula is C23H30N2O2. The second kappa shape index (κ2) is 10.6. The summed E-state index contributed by atoms with van der Waals surface area (Å²) in [5.41, 5.74) is 2.66. The molecule has 1 N–H and O–H groups in total. The zero-order valence-corrected chi connectivity index (χ0v) is 16.0. The molecule has 0 saturated carbocycles. The van der Waals surface area contributed by atoms with Gasteiger partial charge in [0, 0.05) is 25.3 Å². The third-order valence-electron chi connectivity index (χ3n) is 4.99. The van der Waals surface area contributed by atoms with Gasteiger partial charge in [-0.25, -0.2) is 0 Å². The van der Waals surface area contributed by atoms with Crippen molar-refractivity contribution in [2.45, 2.75) is 38.5 Å². The molecule has 4 heteroatoms. The molecule has 0 unspecified atom stereocenters. The zero-order chi connectivity index (χ0) is 18.7. The van der Waals surface area contributed by atoms with E-state index in [2.05, 4.69) is 34.5 Å². The lowest BCUT2D eigenvalue weighted by Gasteiger charge is -2.22. The van der Waals surface area contributed by atoms with Crippen molar-refractivity contribution < 1.29 is 9.53 Å². The number of para-hydroxylation sites is 1. The van der Waals surface area contributed by atoms with E-state index in [4.69, 9.17) is 4.74 Å². The van der Waals surface area contributed by atoms with Gasteiger partial charge in [-0.1, -0.05) is 43.2 Å². The maximum Gasteiger partial charge on any atom is 0.257 e. The molecule has 0 radical (unpaired) electrons. The molecule has 2 aromatic rings. The molecule has 27 heavy (non-hydrogen) atoms. The van der Waals surface area contributed by atoms with Crippen LogP contribution in [0, 0.1) is 0 Å². The van der Waals surface area contributed by atoms with Crippen LogP contribution in [0.3, 0.4) is 0 Å². The first kappa shape index (κ1) is 19.3. The number of nitrogens with zero attached hydrogens (tertiary/aromatic N) is 1. The molecule has 1 aliphatic heterocycles. The van der Waals surface area contributed by atoms with E-state index in [9.17, 15) is 4.79 Å². The van der Waals surface area contributed by atoms with Crippen LogP contribution in [-0.2, 0) is 11.2 Å². The fraction of sp³-hybridized carbons (Fsp3) is 0.435. The minimum absolute atomic E-state index is 0.0640. The van der Waals surface area contributed by atoms with Crippen LogP contribution in [0.2, 0.25) is 0 Å². The van der Waals surface area contributed by atoms with Crippen molar-refractivity contribution in [3.05, 3.63) is 60.2 Å². The normalized spacial score (nSPS) is 14.4. The van der Waals surface area contributed by atoms with Crippen LogP contribution in [0.1, 0.15) is 37.7 Å². The molecule has 1 saturated heterocycles. The average molecular weight is 367 g/mol. The van der Waals surface area contributed by atoms with Crippen LogP contribution in [0.4, 0.5) is 5.69 Å². The van der Waals surface area contributed by atoms with Gasteiger partial charge < -0.3 is 15.0 Å². The summed E-state index contributed by atoms with van der Waals surface area (Å²) >= 11 is 0. The molecule has 1 aliphatic rings. The summed E-state index contributed by atoms with van der Waals surface area (Å²) in [4.78, 5) is 14.3. The molecule has 3 rings (SSSR count). The second-order valence-corrected chi connectivity index (χ2v) is 7.12. The first-order chi connectivity index (χ1) is 13.3. The highest BCUT2D eigenvalue weighted by molar-refractivity contribution is 5.77. The monoisotopic (exact) mass is 366 g/mol. The molecule has 1 heterocycles. The Hall–Kier alpha value is -2.49. The van der Waals surface area contributed by atoms with E-state index in [-0.39, 0.29) is 12.5 Å². The van der Waals surface area contributed by atoms with Gasteiger partial charge in [-0.05, 0) is 55.5 Å². The molecule has 0 aromatic heterocycles. The van der Waals surface area contributed by atoms with Crippen LogP contribution in [0.25, 0.3) is 0 Å². The van der Waals surface area contributed by atoms with Crippen LogP contribution in [0.5, 0.6) is 5.75 Å². The van der Waals surface area contributed by atoms with E-state index >= 15 is 0 Å². The first-order valence-electron chi connectivity index (χ1n) is 10.1.